The molecule has 0 spiro atoms. The SMILES string of the molecule is CCNC(=NCCN1C(=O)CNC1=O)N1CCC(Oc2ccccc2)CC1. The van der Waals surface area contributed by atoms with E-state index >= 15 is 0 Å². The molecule has 0 aliphatic carbocycles. The summed E-state index contributed by atoms with van der Waals surface area (Å²) >= 11 is 0. The van der Waals surface area contributed by atoms with Gasteiger partial charge in [0.15, 0.2) is 5.96 Å². The number of amides is 3. The third kappa shape index (κ3) is 5.12. The number of hydrogen-bond donors (Lipinski definition) is 2. The Morgan fingerprint density at radius 1 is 1.26 bits per heavy atom. The van der Waals surface area contributed by atoms with Crippen molar-refractivity contribution in [3.63, 3.8) is 0 Å². The fourth-order valence-corrected chi connectivity index (χ4v) is 3.24. The minimum Gasteiger partial charge on any atom is -0.490 e. The molecule has 0 radical (unpaired) electrons. The number of imide groups is 1. The number of nitrogens with one attached hydrogen (secondary N) is 2. The number of para-hydroxylation sites is 1. The van der Waals surface area contributed by atoms with E-state index in [2.05, 4.69) is 20.5 Å². The van der Waals surface area contributed by atoms with Crippen LogP contribution in [0.4, 0.5) is 4.79 Å². The molecule has 0 unspecified atom stereocenters. The predicted molar refractivity (Wildman–Crippen MR) is 103 cm³/mol. The molecule has 2 fully saturated rings. The molecule has 3 rings (SSSR count). The highest BCUT2D eigenvalue weighted by molar-refractivity contribution is 6.01. The molecule has 1 aromatic rings. The summed E-state index contributed by atoms with van der Waals surface area (Å²) in [6, 6.07) is 9.56. The van der Waals surface area contributed by atoms with Gasteiger partial charge in [0.1, 0.15) is 11.9 Å². The molecular weight excluding hydrogens is 346 g/mol. The molecule has 146 valence electrons. The summed E-state index contributed by atoms with van der Waals surface area (Å²) in [4.78, 5) is 31.2. The summed E-state index contributed by atoms with van der Waals surface area (Å²) in [6.07, 6.45) is 2.05. The summed E-state index contributed by atoms with van der Waals surface area (Å²) in [5.41, 5.74) is 0. The maximum atomic E-state index is 11.6. The van der Waals surface area contributed by atoms with Gasteiger partial charge in [-0.2, -0.15) is 0 Å². The summed E-state index contributed by atoms with van der Waals surface area (Å²) in [5.74, 6) is 1.53. The highest BCUT2D eigenvalue weighted by Crippen LogP contribution is 2.18. The van der Waals surface area contributed by atoms with Gasteiger partial charge < -0.3 is 20.3 Å². The Labute approximate surface area is 159 Å². The van der Waals surface area contributed by atoms with E-state index in [0.29, 0.717) is 13.1 Å². The molecule has 0 aromatic heterocycles. The molecule has 0 atom stereocenters. The van der Waals surface area contributed by atoms with Crippen LogP contribution in [0.5, 0.6) is 5.75 Å². The van der Waals surface area contributed by atoms with E-state index in [9.17, 15) is 9.59 Å². The van der Waals surface area contributed by atoms with Crippen LogP contribution >= 0.6 is 0 Å². The van der Waals surface area contributed by atoms with E-state index in [1.165, 1.54) is 4.90 Å². The highest BCUT2D eigenvalue weighted by Gasteiger charge is 2.28. The van der Waals surface area contributed by atoms with Crippen LogP contribution in [0.3, 0.4) is 0 Å². The molecule has 3 amide bonds. The van der Waals surface area contributed by atoms with Gasteiger partial charge in [-0.1, -0.05) is 18.2 Å². The number of likely N-dealkylation sites (tertiary alicyclic amines) is 1. The molecule has 2 N–H and O–H groups in total. The van der Waals surface area contributed by atoms with Crippen molar-refractivity contribution in [2.45, 2.75) is 25.9 Å². The summed E-state index contributed by atoms with van der Waals surface area (Å²) in [7, 11) is 0. The quantitative estimate of drug-likeness (QED) is 0.442. The molecule has 2 saturated heterocycles. The topological polar surface area (TPSA) is 86.3 Å². The number of ether oxygens (including phenoxy) is 1. The molecule has 27 heavy (non-hydrogen) atoms. The lowest BCUT2D eigenvalue weighted by molar-refractivity contribution is -0.124. The third-order valence-corrected chi connectivity index (χ3v) is 4.64. The minimum atomic E-state index is -0.334. The third-order valence-electron chi connectivity index (χ3n) is 4.64. The van der Waals surface area contributed by atoms with Gasteiger partial charge in [0.05, 0.1) is 19.6 Å². The van der Waals surface area contributed by atoms with E-state index in [-0.39, 0.29) is 24.6 Å². The Balaban J connectivity index is 1.50. The Morgan fingerprint density at radius 2 is 2.00 bits per heavy atom. The van der Waals surface area contributed by atoms with Gasteiger partial charge in [-0.05, 0) is 19.1 Å². The van der Waals surface area contributed by atoms with E-state index in [1.807, 2.05) is 37.3 Å². The van der Waals surface area contributed by atoms with Gasteiger partial charge in [0, 0.05) is 32.5 Å². The zero-order valence-corrected chi connectivity index (χ0v) is 15.7. The van der Waals surface area contributed by atoms with Gasteiger partial charge >= 0.3 is 6.03 Å². The smallest absolute Gasteiger partial charge is 0.324 e. The number of hydrogen-bond acceptors (Lipinski definition) is 4. The Hall–Kier alpha value is -2.77. The molecule has 8 heteroatoms. The Bertz CT molecular complexity index is 655. The van der Waals surface area contributed by atoms with Crippen molar-refractivity contribution in [2.75, 3.05) is 39.3 Å². The molecule has 2 heterocycles. The largest absolute Gasteiger partial charge is 0.490 e. The Kier molecular flexibility index (Phi) is 6.51. The fourth-order valence-electron chi connectivity index (χ4n) is 3.24. The number of aliphatic imine (C=N–C) groups is 1. The van der Waals surface area contributed by atoms with Crippen molar-refractivity contribution < 1.29 is 14.3 Å². The van der Waals surface area contributed by atoms with Crippen molar-refractivity contribution in [3.05, 3.63) is 30.3 Å². The zero-order chi connectivity index (χ0) is 19.1. The van der Waals surface area contributed by atoms with E-state index in [4.69, 9.17) is 4.74 Å². The number of nitrogens with zero attached hydrogens (tertiary/aromatic N) is 3. The maximum Gasteiger partial charge on any atom is 0.324 e. The lowest BCUT2D eigenvalue weighted by atomic mass is 10.1. The number of urea groups is 1. The second kappa shape index (κ2) is 9.25. The molecule has 1 aromatic carbocycles. The number of piperidine rings is 1. The number of benzene rings is 1. The molecule has 0 bridgehead atoms. The van der Waals surface area contributed by atoms with Crippen LogP contribution in [0.1, 0.15) is 19.8 Å². The van der Waals surface area contributed by atoms with E-state index in [1.54, 1.807) is 0 Å². The predicted octanol–water partition coefficient (Wildman–Crippen LogP) is 1.05. The Morgan fingerprint density at radius 3 is 2.63 bits per heavy atom. The van der Waals surface area contributed by atoms with Crippen molar-refractivity contribution in [3.8, 4) is 5.75 Å². The van der Waals surface area contributed by atoms with E-state index < -0.39 is 0 Å². The maximum absolute atomic E-state index is 11.6. The van der Waals surface area contributed by atoms with Crippen LogP contribution < -0.4 is 15.4 Å². The van der Waals surface area contributed by atoms with Crippen LogP contribution in [-0.4, -0.2) is 73.1 Å². The standard InChI is InChI=1S/C19H27N5O3/c1-2-20-18(21-10-13-24-17(25)14-22-19(24)26)23-11-8-16(9-12-23)27-15-6-4-3-5-7-15/h3-7,16H,2,8-14H2,1H3,(H,20,21)(H,22,26). The van der Waals surface area contributed by atoms with Gasteiger partial charge in [-0.25, -0.2) is 4.79 Å². The van der Waals surface area contributed by atoms with Crippen LogP contribution in [0, 0.1) is 0 Å². The first-order chi connectivity index (χ1) is 13.2. The van der Waals surface area contributed by atoms with Crippen LogP contribution in [-0.2, 0) is 4.79 Å². The first kappa shape index (κ1) is 19.0. The van der Waals surface area contributed by atoms with Crippen molar-refractivity contribution >= 4 is 17.9 Å². The average Bonchev–Trinajstić information content (AvgIpc) is 3.01. The van der Waals surface area contributed by atoms with Crippen molar-refractivity contribution in [1.29, 1.82) is 0 Å². The average molecular weight is 373 g/mol. The number of rotatable bonds is 6. The number of guanidine groups is 1. The molecule has 2 aliphatic heterocycles. The summed E-state index contributed by atoms with van der Waals surface area (Å²) in [6.45, 7) is 5.27. The number of carbonyl (C=O) groups is 2. The van der Waals surface area contributed by atoms with Crippen LogP contribution in [0.25, 0.3) is 0 Å². The molecule has 2 aliphatic rings. The second-order valence-electron chi connectivity index (χ2n) is 6.56. The van der Waals surface area contributed by atoms with Crippen molar-refractivity contribution in [1.82, 2.24) is 20.4 Å². The lowest BCUT2D eigenvalue weighted by Gasteiger charge is -2.34. The van der Waals surface area contributed by atoms with Gasteiger partial charge in [-0.3, -0.25) is 14.7 Å². The van der Waals surface area contributed by atoms with Gasteiger partial charge in [0.25, 0.3) is 0 Å². The first-order valence-electron chi connectivity index (χ1n) is 9.50. The lowest BCUT2D eigenvalue weighted by Crippen LogP contribution is -2.47. The second-order valence-corrected chi connectivity index (χ2v) is 6.56. The molecular formula is C19H27N5O3. The summed E-state index contributed by atoms with van der Waals surface area (Å²) in [5, 5.41) is 5.82. The first-order valence-corrected chi connectivity index (χ1v) is 9.50. The van der Waals surface area contributed by atoms with Crippen LogP contribution in [0.2, 0.25) is 0 Å². The highest BCUT2D eigenvalue weighted by atomic mass is 16.5. The zero-order valence-electron chi connectivity index (χ0n) is 15.7. The molecule has 0 saturated carbocycles. The monoisotopic (exact) mass is 373 g/mol. The normalized spacial score (nSPS) is 18.6. The summed E-state index contributed by atoms with van der Waals surface area (Å²) < 4.78 is 6.04. The van der Waals surface area contributed by atoms with Gasteiger partial charge in [0.2, 0.25) is 5.91 Å². The molecule has 8 nitrogen and oxygen atoms in total. The van der Waals surface area contributed by atoms with Crippen molar-refractivity contribution in [2.24, 2.45) is 4.99 Å². The number of carbonyl (C=O) groups excluding carboxylic acids is 2. The fraction of sp³-hybridized carbons (Fsp3) is 0.526. The minimum absolute atomic E-state index is 0.0809. The van der Waals surface area contributed by atoms with Crippen LogP contribution in [0.15, 0.2) is 35.3 Å². The van der Waals surface area contributed by atoms with E-state index in [0.717, 1.165) is 44.2 Å². The van der Waals surface area contributed by atoms with Gasteiger partial charge in [-0.15, -0.1) is 0 Å².